The monoisotopic (exact) mass is 272 g/mol. The largest absolute Gasteiger partial charge is 0.497 e. The molecule has 0 unspecified atom stereocenters. The third-order valence-corrected chi connectivity index (χ3v) is 2.86. The van der Waals surface area contributed by atoms with E-state index in [-0.39, 0.29) is 0 Å². The fraction of sp³-hybridized carbons (Fsp3) is 0.333. The molecule has 2 aromatic rings. The van der Waals surface area contributed by atoms with E-state index in [0.717, 1.165) is 30.9 Å². The molecule has 1 heterocycles. The summed E-state index contributed by atoms with van der Waals surface area (Å²) in [5, 5.41) is 6.44. The predicted octanol–water partition coefficient (Wildman–Crippen LogP) is 2.21. The van der Waals surface area contributed by atoms with E-state index in [4.69, 9.17) is 4.74 Å². The molecule has 0 atom stereocenters. The van der Waals surface area contributed by atoms with Crippen molar-refractivity contribution in [3.05, 3.63) is 47.8 Å². The summed E-state index contributed by atoms with van der Waals surface area (Å²) in [6.07, 6.45) is 3.68. The molecule has 1 aromatic heterocycles. The lowest BCUT2D eigenvalue weighted by Crippen LogP contribution is -2.13. The van der Waals surface area contributed by atoms with Crippen molar-refractivity contribution in [1.29, 1.82) is 0 Å². The topological polar surface area (TPSA) is 59.1 Å². The average Bonchev–Trinajstić information content (AvgIpc) is 2.50. The Morgan fingerprint density at radius 1 is 1.00 bits per heavy atom. The van der Waals surface area contributed by atoms with Crippen molar-refractivity contribution in [2.24, 2.45) is 0 Å². The van der Waals surface area contributed by atoms with E-state index >= 15 is 0 Å². The molecule has 5 nitrogen and oxygen atoms in total. The number of rotatable bonds is 7. The fourth-order valence-electron chi connectivity index (χ4n) is 1.79. The quantitative estimate of drug-likeness (QED) is 0.809. The zero-order valence-corrected chi connectivity index (χ0v) is 11.9. The van der Waals surface area contributed by atoms with E-state index in [9.17, 15) is 0 Å². The summed E-state index contributed by atoms with van der Waals surface area (Å²) in [4.78, 5) is 8.48. The molecule has 0 saturated heterocycles. The van der Waals surface area contributed by atoms with Crippen LogP contribution in [0.3, 0.4) is 0 Å². The van der Waals surface area contributed by atoms with Gasteiger partial charge in [-0.05, 0) is 24.6 Å². The molecule has 2 N–H and O–H groups in total. The highest BCUT2D eigenvalue weighted by molar-refractivity contribution is 5.27. The number of hydrogen-bond donors (Lipinski definition) is 2. The van der Waals surface area contributed by atoms with Crippen molar-refractivity contribution >= 4 is 5.95 Å². The van der Waals surface area contributed by atoms with Gasteiger partial charge in [-0.1, -0.05) is 12.1 Å². The van der Waals surface area contributed by atoms with E-state index in [2.05, 4.69) is 32.7 Å². The predicted molar refractivity (Wildman–Crippen MR) is 79.7 cm³/mol. The first kappa shape index (κ1) is 14.3. The Morgan fingerprint density at radius 3 is 2.25 bits per heavy atom. The lowest BCUT2D eigenvalue weighted by molar-refractivity contribution is 0.414. The lowest BCUT2D eigenvalue weighted by atomic mass is 10.2. The van der Waals surface area contributed by atoms with E-state index < -0.39 is 0 Å². The van der Waals surface area contributed by atoms with Gasteiger partial charge in [-0.2, -0.15) is 0 Å². The van der Waals surface area contributed by atoms with Crippen molar-refractivity contribution in [1.82, 2.24) is 15.3 Å². The molecule has 0 aliphatic heterocycles. The number of nitrogens with one attached hydrogen (secondary N) is 2. The van der Waals surface area contributed by atoms with Crippen molar-refractivity contribution in [2.45, 2.75) is 20.0 Å². The molecule has 0 fully saturated rings. The highest BCUT2D eigenvalue weighted by Gasteiger charge is 1.98. The van der Waals surface area contributed by atoms with Crippen LogP contribution in [0.4, 0.5) is 5.95 Å². The van der Waals surface area contributed by atoms with Gasteiger partial charge in [0.15, 0.2) is 0 Å². The van der Waals surface area contributed by atoms with Crippen LogP contribution in [-0.4, -0.2) is 23.6 Å². The zero-order chi connectivity index (χ0) is 14.2. The van der Waals surface area contributed by atoms with Gasteiger partial charge in [0, 0.05) is 37.6 Å². The van der Waals surface area contributed by atoms with E-state index in [1.165, 1.54) is 5.56 Å². The minimum absolute atomic E-state index is 0.673. The highest BCUT2D eigenvalue weighted by Crippen LogP contribution is 2.11. The minimum Gasteiger partial charge on any atom is -0.497 e. The van der Waals surface area contributed by atoms with Crippen molar-refractivity contribution in [3.63, 3.8) is 0 Å². The Labute approximate surface area is 119 Å². The molecular weight excluding hydrogens is 252 g/mol. The molecule has 0 aliphatic rings. The molecular formula is C15H20N4O. The Balaban J connectivity index is 1.79. The van der Waals surface area contributed by atoms with Crippen LogP contribution in [0.1, 0.15) is 18.1 Å². The second-order valence-corrected chi connectivity index (χ2v) is 4.40. The van der Waals surface area contributed by atoms with Gasteiger partial charge in [0.1, 0.15) is 5.75 Å². The van der Waals surface area contributed by atoms with Crippen LogP contribution in [-0.2, 0) is 13.1 Å². The first-order valence-corrected chi connectivity index (χ1v) is 6.70. The van der Waals surface area contributed by atoms with Gasteiger partial charge in [0.05, 0.1) is 7.11 Å². The lowest BCUT2D eigenvalue weighted by Gasteiger charge is -2.06. The van der Waals surface area contributed by atoms with Crippen LogP contribution in [0, 0.1) is 0 Å². The number of methoxy groups -OCH3 is 1. The molecule has 0 radical (unpaired) electrons. The Bertz CT molecular complexity index is 510. The molecule has 20 heavy (non-hydrogen) atoms. The molecule has 0 aliphatic carbocycles. The molecule has 0 spiro atoms. The molecule has 0 amide bonds. The third-order valence-electron chi connectivity index (χ3n) is 2.86. The highest BCUT2D eigenvalue weighted by atomic mass is 16.5. The molecule has 106 valence electrons. The number of ether oxygens (including phenoxy) is 1. The number of nitrogens with zero attached hydrogens (tertiary/aromatic N) is 2. The molecule has 1 aromatic carbocycles. The third kappa shape index (κ3) is 4.20. The van der Waals surface area contributed by atoms with E-state index in [1.807, 2.05) is 31.5 Å². The van der Waals surface area contributed by atoms with Crippen LogP contribution >= 0.6 is 0 Å². The zero-order valence-electron chi connectivity index (χ0n) is 11.9. The minimum atomic E-state index is 0.673. The van der Waals surface area contributed by atoms with Gasteiger partial charge in [0.2, 0.25) is 5.95 Å². The van der Waals surface area contributed by atoms with Crippen molar-refractivity contribution in [3.8, 4) is 5.75 Å². The van der Waals surface area contributed by atoms with Crippen LogP contribution in [0.15, 0.2) is 36.7 Å². The van der Waals surface area contributed by atoms with Crippen molar-refractivity contribution < 1.29 is 4.74 Å². The van der Waals surface area contributed by atoms with Crippen LogP contribution in [0.5, 0.6) is 5.75 Å². The Hall–Kier alpha value is -2.14. The van der Waals surface area contributed by atoms with Crippen LogP contribution in [0.2, 0.25) is 0 Å². The Morgan fingerprint density at radius 2 is 1.65 bits per heavy atom. The maximum absolute atomic E-state index is 5.13. The van der Waals surface area contributed by atoms with Crippen LogP contribution < -0.4 is 15.4 Å². The van der Waals surface area contributed by atoms with Gasteiger partial charge in [-0.15, -0.1) is 0 Å². The normalized spacial score (nSPS) is 10.3. The summed E-state index contributed by atoms with van der Waals surface area (Å²) in [5.41, 5.74) is 2.29. The molecule has 0 saturated carbocycles. The summed E-state index contributed by atoms with van der Waals surface area (Å²) >= 11 is 0. The summed E-state index contributed by atoms with van der Waals surface area (Å²) < 4.78 is 5.13. The summed E-state index contributed by atoms with van der Waals surface area (Å²) in [6, 6.07) is 8.03. The van der Waals surface area contributed by atoms with E-state index in [1.54, 1.807) is 7.11 Å². The standard InChI is InChI=1S/C15H20N4O/c1-3-17-15-18-10-13(11-19-15)9-16-8-12-4-6-14(20-2)7-5-12/h4-7,10-11,16H,3,8-9H2,1-2H3,(H,17,18,19). The Kier molecular flexibility index (Phi) is 5.32. The molecule has 5 heteroatoms. The van der Waals surface area contributed by atoms with Crippen LogP contribution in [0.25, 0.3) is 0 Å². The van der Waals surface area contributed by atoms with Crippen molar-refractivity contribution in [2.75, 3.05) is 19.0 Å². The molecule has 2 rings (SSSR count). The first-order chi connectivity index (χ1) is 9.81. The number of benzene rings is 1. The van der Waals surface area contributed by atoms with Gasteiger partial charge < -0.3 is 15.4 Å². The number of anilines is 1. The van der Waals surface area contributed by atoms with Gasteiger partial charge in [-0.3, -0.25) is 0 Å². The number of aromatic nitrogens is 2. The summed E-state index contributed by atoms with van der Waals surface area (Å²) in [7, 11) is 1.67. The maximum atomic E-state index is 5.13. The van der Waals surface area contributed by atoms with Gasteiger partial charge in [0.25, 0.3) is 0 Å². The number of hydrogen-bond acceptors (Lipinski definition) is 5. The average molecular weight is 272 g/mol. The second kappa shape index (κ2) is 7.45. The molecule has 0 bridgehead atoms. The first-order valence-electron chi connectivity index (χ1n) is 6.70. The summed E-state index contributed by atoms with van der Waals surface area (Å²) in [6.45, 7) is 4.40. The SMILES string of the molecule is CCNc1ncc(CNCc2ccc(OC)cc2)cn1. The maximum Gasteiger partial charge on any atom is 0.222 e. The van der Waals surface area contributed by atoms with Gasteiger partial charge in [-0.25, -0.2) is 9.97 Å². The summed E-state index contributed by atoms with van der Waals surface area (Å²) in [5.74, 6) is 1.55. The van der Waals surface area contributed by atoms with Gasteiger partial charge >= 0.3 is 0 Å². The smallest absolute Gasteiger partial charge is 0.222 e. The fourth-order valence-corrected chi connectivity index (χ4v) is 1.79. The second-order valence-electron chi connectivity index (χ2n) is 4.40. The van der Waals surface area contributed by atoms with E-state index in [0.29, 0.717) is 5.95 Å².